The molecule has 0 saturated heterocycles. The van der Waals surface area contributed by atoms with E-state index in [1.54, 1.807) is 0 Å². The van der Waals surface area contributed by atoms with Gasteiger partial charge in [-0.25, -0.2) is 0 Å². The van der Waals surface area contributed by atoms with Crippen molar-refractivity contribution in [3.63, 3.8) is 0 Å². The molecular weight excluding hydrogens is 348 g/mol. The van der Waals surface area contributed by atoms with E-state index in [0.717, 1.165) is 6.42 Å². The van der Waals surface area contributed by atoms with E-state index in [0.29, 0.717) is 32.1 Å². The lowest BCUT2D eigenvalue weighted by atomic mass is 9.95. The minimum absolute atomic E-state index is 0.00198. The van der Waals surface area contributed by atoms with E-state index in [9.17, 15) is 14.4 Å². The molecule has 0 aliphatic heterocycles. The fourth-order valence-electron chi connectivity index (χ4n) is 2.46. The Kier molecular flexibility index (Phi) is 12.0. The smallest absolute Gasteiger partial charge is 0.243 e. The number of rotatable bonds is 13. The van der Waals surface area contributed by atoms with Gasteiger partial charge in [-0.1, -0.05) is 40.5 Å². The zero-order chi connectivity index (χ0) is 21.0. The SMILES string of the molecule is CCC(C)C(N)C(=O)NC(C(=O)NC(C=O)CCCNC(=N)N)C(C)CC. The molecule has 27 heavy (non-hydrogen) atoms. The number of nitrogens with one attached hydrogen (secondary N) is 4. The van der Waals surface area contributed by atoms with Crippen LogP contribution in [0.4, 0.5) is 0 Å². The summed E-state index contributed by atoms with van der Waals surface area (Å²) in [7, 11) is 0. The van der Waals surface area contributed by atoms with Crippen molar-refractivity contribution in [1.29, 1.82) is 5.41 Å². The van der Waals surface area contributed by atoms with Crippen LogP contribution in [0.3, 0.4) is 0 Å². The number of nitrogens with two attached hydrogens (primary N) is 2. The molecule has 0 radical (unpaired) electrons. The third-order valence-corrected chi connectivity index (χ3v) is 4.85. The predicted molar refractivity (Wildman–Crippen MR) is 106 cm³/mol. The van der Waals surface area contributed by atoms with Crippen molar-refractivity contribution in [3.05, 3.63) is 0 Å². The molecule has 0 saturated carbocycles. The molecular formula is C18H36N6O3. The largest absolute Gasteiger partial charge is 0.370 e. The van der Waals surface area contributed by atoms with Crippen molar-refractivity contribution in [3.8, 4) is 0 Å². The van der Waals surface area contributed by atoms with Crippen molar-refractivity contribution >= 4 is 24.1 Å². The van der Waals surface area contributed by atoms with Gasteiger partial charge in [0.1, 0.15) is 12.3 Å². The molecule has 0 aromatic rings. The average molecular weight is 385 g/mol. The molecule has 0 aromatic heterocycles. The quantitative estimate of drug-likeness (QED) is 0.112. The topological polar surface area (TPSA) is 163 Å². The molecule has 0 aliphatic carbocycles. The van der Waals surface area contributed by atoms with Gasteiger partial charge in [0, 0.05) is 6.54 Å². The van der Waals surface area contributed by atoms with Gasteiger partial charge in [-0.05, 0) is 24.7 Å². The van der Waals surface area contributed by atoms with Crippen molar-refractivity contribution in [2.75, 3.05) is 6.54 Å². The Bertz CT molecular complexity index is 499. The second kappa shape index (κ2) is 13.1. The highest BCUT2D eigenvalue weighted by molar-refractivity contribution is 5.91. The molecule has 5 atom stereocenters. The fraction of sp³-hybridized carbons (Fsp3) is 0.778. The Hall–Kier alpha value is -2.16. The molecule has 9 nitrogen and oxygen atoms in total. The van der Waals surface area contributed by atoms with E-state index in [1.165, 1.54) is 0 Å². The van der Waals surface area contributed by atoms with Gasteiger partial charge in [-0.3, -0.25) is 15.0 Å². The Morgan fingerprint density at radius 3 is 2.15 bits per heavy atom. The summed E-state index contributed by atoms with van der Waals surface area (Å²) in [5, 5.41) is 15.2. The molecule has 0 aliphatic rings. The van der Waals surface area contributed by atoms with E-state index >= 15 is 0 Å². The molecule has 0 aromatic carbocycles. The molecule has 0 fully saturated rings. The maximum absolute atomic E-state index is 12.7. The minimum Gasteiger partial charge on any atom is -0.370 e. The summed E-state index contributed by atoms with van der Waals surface area (Å²) in [5.74, 6) is -1.01. The van der Waals surface area contributed by atoms with Gasteiger partial charge in [0.15, 0.2) is 5.96 Å². The third-order valence-electron chi connectivity index (χ3n) is 4.85. The van der Waals surface area contributed by atoms with Crippen LogP contribution in [0.1, 0.15) is 53.4 Å². The lowest BCUT2D eigenvalue weighted by molar-refractivity contribution is -0.132. The Morgan fingerprint density at radius 1 is 1.07 bits per heavy atom. The van der Waals surface area contributed by atoms with Gasteiger partial charge in [0.25, 0.3) is 0 Å². The number of carbonyl (C=O) groups is 3. The summed E-state index contributed by atoms with van der Waals surface area (Å²) in [4.78, 5) is 36.3. The highest BCUT2D eigenvalue weighted by Crippen LogP contribution is 2.11. The maximum Gasteiger partial charge on any atom is 0.243 e. The first kappa shape index (κ1) is 24.8. The van der Waals surface area contributed by atoms with E-state index in [-0.39, 0.29) is 23.7 Å². The van der Waals surface area contributed by atoms with Crippen LogP contribution in [0, 0.1) is 17.2 Å². The minimum atomic E-state index is -0.754. The van der Waals surface area contributed by atoms with Crippen molar-refractivity contribution in [1.82, 2.24) is 16.0 Å². The normalized spacial score (nSPS) is 16.3. The highest BCUT2D eigenvalue weighted by Gasteiger charge is 2.30. The van der Waals surface area contributed by atoms with E-state index in [1.807, 2.05) is 27.7 Å². The van der Waals surface area contributed by atoms with Gasteiger partial charge in [0.2, 0.25) is 11.8 Å². The second-order valence-corrected chi connectivity index (χ2v) is 7.02. The van der Waals surface area contributed by atoms with Crippen LogP contribution < -0.4 is 27.4 Å². The Balaban J connectivity index is 4.87. The summed E-state index contributed by atoms with van der Waals surface area (Å²) in [5.41, 5.74) is 11.2. The number of aldehydes is 1. The molecule has 9 heteroatoms. The maximum atomic E-state index is 12.7. The molecule has 0 spiro atoms. The number of amides is 2. The van der Waals surface area contributed by atoms with Gasteiger partial charge >= 0.3 is 0 Å². The van der Waals surface area contributed by atoms with Gasteiger partial charge in [-0.2, -0.15) is 0 Å². The molecule has 2 amide bonds. The third kappa shape index (κ3) is 9.37. The van der Waals surface area contributed by atoms with Crippen molar-refractivity contribution in [2.24, 2.45) is 23.3 Å². The Labute approximate surface area is 161 Å². The van der Waals surface area contributed by atoms with Crippen molar-refractivity contribution < 1.29 is 14.4 Å². The van der Waals surface area contributed by atoms with E-state index in [2.05, 4.69) is 16.0 Å². The van der Waals surface area contributed by atoms with Gasteiger partial charge in [-0.15, -0.1) is 0 Å². The summed E-state index contributed by atoms with van der Waals surface area (Å²) in [6, 6.07) is -2.11. The zero-order valence-electron chi connectivity index (χ0n) is 16.9. The molecule has 0 bridgehead atoms. The number of guanidine groups is 1. The first-order valence-electron chi connectivity index (χ1n) is 9.57. The predicted octanol–water partition coefficient (Wildman–Crippen LogP) is -0.162. The van der Waals surface area contributed by atoms with Crippen LogP contribution >= 0.6 is 0 Å². The molecule has 5 unspecified atom stereocenters. The van der Waals surface area contributed by atoms with Crippen LogP contribution in [-0.4, -0.2) is 48.7 Å². The van der Waals surface area contributed by atoms with E-state index in [4.69, 9.17) is 16.9 Å². The van der Waals surface area contributed by atoms with Gasteiger partial charge < -0.3 is 32.2 Å². The van der Waals surface area contributed by atoms with E-state index < -0.39 is 24.0 Å². The van der Waals surface area contributed by atoms with Crippen LogP contribution in [0.5, 0.6) is 0 Å². The standard InChI is InChI=1S/C18H36N6O3/c1-5-11(3)14(19)16(26)24-15(12(4)6-2)17(27)23-13(10-25)8-7-9-22-18(20)21/h10-15H,5-9,19H2,1-4H3,(H,23,27)(H,24,26)(H4,20,21,22). The number of hydrogen-bond donors (Lipinski definition) is 6. The average Bonchev–Trinajstić information content (AvgIpc) is 2.65. The summed E-state index contributed by atoms with van der Waals surface area (Å²) < 4.78 is 0. The van der Waals surface area contributed by atoms with Crippen LogP contribution in [0.15, 0.2) is 0 Å². The molecule has 8 N–H and O–H groups in total. The molecule has 156 valence electrons. The zero-order valence-corrected chi connectivity index (χ0v) is 16.9. The molecule has 0 rings (SSSR count). The van der Waals surface area contributed by atoms with Crippen molar-refractivity contribution in [2.45, 2.75) is 71.5 Å². The Morgan fingerprint density at radius 2 is 1.67 bits per heavy atom. The fourth-order valence-corrected chi connectivity index (χ4v) is 2.46. The monoisotopic (exact) mass is 384 g/mol. The van der Waals surface area contributed by atoms with Gasteiger partial charge in [0.05, 0.1) is 12.1 Å². The lowest BCUT2D eigenvalue weighted by Gasteiger charge is -2.27. The van der Waals surface area contributed by atoms with Crippen LogP contribution in [0.2, 0.25) is 0 Å². The lowest BCUT2D eigenvalue weighted by Crippen LogP contribution is -2.56. The summed E-state index contributed by atoms with van der Waals surface area (Å²) >= 11 is 0. The van der Waals surface area contributed by atoms with Crippen LogP contribution in [-0.2, 0) is 14.4 Å². The van der Waals surface area contributed by atoms with Crippen LogP contribution in [0.25, 0.3) is 0 Å². The highest BCUT2D eigenvalue weighted by atomic mass is 16.2. The molecule has 0 heterocycles. The summed E-state index contributed by atoms with van der Waals surface area (Å²) in [6.45, 7) is 8.07. The number of hydrogen-bond acceptors (Lipinski definition) is 5. The first-order chi connectivity index (χ1) is 12.7. The number of carbonyl (C=O) groups excluding carboxylic acids is 3. The second-order valence-electron chi connectivity index (χ2n) is 7.02. The summed E-state index contributed by atoms with van der Waals surface area (Å²) in [6.07, 6.45) is 3.08. The first-order valence-corrected chi connectivity index (χ1v) is 9.57.